The molecular weight excluding hydrogens is 396 g/mol. The van der Waals surface area contributed by atoms with E-state index in [1.165, 1.54) is 0 Å². The Labute approximate surface area is 179 Å². The van der Waals surface area contributed by atoms with E-state index in [4.69, 9.17) is 4.42 Å². The molecule has 0 aliphatic heterocycles. The van der Waals surface area contributed by atoms with Crippen LogP contribution in [0.15, 0.2) is 52.6 Å². The SMILES string of the molecule is Cc1c(C(=O)NCCCn2ccnc2)oc2c1/C(=N/NC(=O)c1ccccn1)CCC2. The predicted octanol–water partition coefficient (Wildman–Crippen LogP) is 2.47. The summed E-state index contributed by atoms with van der Waals surface area (Å²) >= 11 is 0. The molecule has 1 aliphatic carbocycles. The van der Waals surface area contributed by atoms with Crippen molar-refractivity contribution in [2.75, 3.05) is 6.54 Å². The van der Waals surface area contributed by atoms with Gasteiger partial charge >= 0.3 is 0 Å². The van der Waals surface area contributed by atoms with Gasteiger partial charge in [-0.3, -0.25) is 14.6 Å². The second kappa shape index (κ2) is 9.38. The van der Waals surface area contributed by atoms with E-state index in [1.807, 2.05) is 17.7 Å². The number of amides is 2. The summed E-state index contributed by atoms with van der Waals surface area (Å²) in [4.78, 5) is 32.9. The lowest BCUT2D eigenvalue weighted by atomic mass is 9.93. The number of carbonyl (C=O) groups excluding carboxylic acids is 2. The number of hydrogen-bond acceptors (Lipinski definition) is 6. The highest BCUT2D eigenvalue weighted by molar-refractivity contribution is 6.07. The fourth-order valence-corrected chi connectivity index (χ4v) is 3.63. The van der Waals surface area contributed by atoms with Crippen LogP contribution in [0, 0.1) is 6.92 Å². The Morgan fingerprint density at radius 3 is 2.90 bits per heavy atom. The second-order valence-electron chi connectivity index (χ2n) is 7.33. The Morgan fingerprint density at radius 1 is 1.23 bits per heavy atom. The molecule has 3 heterocycles. The van der Waals surface area contributed by atoms with Crippen LogP contribution in [0.2, 0.25) is 0 Å². The van der Waals surface area contributed by atoms with Crippen molar-refractivity contribution in [2.45, 2.75) is 39.2 Å². The van der Waals surface area contributed by atoms with Crippen molar-refractivity contribution in [3.63, 3.8) is 0 Å². The lowest BCUT2D eigenvalue weighted by molar-refractivity contribution is 0.0920. The summed E-state index contributed by atoms with van der Waals surface area (Å²) in [5.41, 5.74) is 5.13. The van der Waals surface area contributed by atoms with Crippen LogP contribution >= 0.6 is 0 Å². The first kappa shape index (κ1) is 20.5. The maximum absolute atomic E-state index is 12.7. The molecule has 0 atom stereocenters. The third kappa shape index (κ3) is 4.71. The van der Waals surface area contributed by atoms with Gasteiger partial charge in [-0.1, -0.05) is 6.07 Å². The Balaban J connectivity index is 1.42. The molecule has 4 rings (SSSR count). The molecule has 0 radical (unpaired) electrons. The maximum atomic E-state index is 12.7. The first-order chi connectivity index (χ1) is 15.1. The Hall–Kier alpha value is -3.75. The van der Waals surface area contributed by atoms with Crippen LogP contribution in [0.5, 0.6) is 0 Å². The number of imidazole rings is 1. The minimum absolute atomic E-state index is 0.241. The summed E-state index contributed by atoms with van der Waals surface area (Å²) in [7, 11) is 0. The first-order valence-corrected chi connectivity index (χ1v) is 10.3. The number of aryl methyl sites for hydroxylation is 2. The number of furan rings is 1. The van der Waals surface area contributed by atoms with Gasteiger partial charge in [0.05, 0.1) is 12.0 Å². The fourth-order valence-electron chi connectivity index (χ4n) is 3.63. The number of fused-ring (bicyclic) bond motifs is 1. The van der Waals surface area contributed by atoms with Gasteiger partial charge in [0.25, 0.3) is 11.8 Å². The molecule has 9 heteroatoms. The normalized spacial score (nSPS) is 14.3. The molecule has 0 aromatic carbocycles. The van der Waals surface area contributed by atoms with E-state index in [-0.39, 0.29) is 11.8 Å². The molecule has 3 aromatic rings. The summed E-state index contributed by atoms with van der Waals surface area (Å²) in [5.74, 6) is 0.420. The van der Waals surface area contributed by atoms with Gasteiger partial charge in [0.1, 0.15) is 11.5 Å². The van der Waals surface area contributed by atoms with Gasteiger partial charge in [0.2, 0.25) is 0 Å². The summed E-state index contributed by atoms with van der Waals surface area (Å²) in [6.45, 7) is 3.16. The van der Waals surface area contributed by atoms with Crippen LogP contribution in [0.1, 0.15) is 57.2 Å². The summed E-state index contributed by atoms with van der Waals surface area (Å²) < 4.78 is 7.85. The molecule has 3 aromatic heterocycles. The average Bonchev–Trinajstić information content (AvgIpc) is 3.44. The van der Waals surface area contributed by atoms with Crippen molar-refractivity contribution < 1.29 is 14.0 Å². The number of pyridine rings is 1. The second-order valence-corrected chi connectivity index (χ2v) is 7.33. The molecule has 2 N–H and O–H groups in total. The third-order valence-electron chi connectivity index (χ3n) is 5.16. The highest BCUT2D eigenvalue weighted by Crippen LogP contribution is 2.29. The number of nitrogens with one attached hydrogen (secondary N) is 2. The molecule has 0 saturated heterocycles. The van der Waals surface area contributed by atoms with Gasteiger partial charge in [0.15, 0.2) is 5.76 Å². The number of hydrogen-bond donors (Lipinski definition) is 2. The quantitative estimate of drug-likeness (QED) is 0.450. The largest absolute Gasteiger partial charge is 0.455 e. The van der Waals surface area contributed by atoms with Gasteiger partial charge in [0, 0.05) is 49.2 Å². The van der Waals surface area contributed by atoms with Crippen molar-refractivity contribution in [3.05, 3.63) is 71.5 Å². The monoisotopic (exact) mass is 420 g/mol. The van der Waals surface area contributed by atoms with E-state index >= 15 is 0 Å². The van der Waals surface area contributed by atoms with Crippen LogP contribution in [0.4, 0.5) is 0 Å². The van der Waals surface area contributed by atoms with E-state index in [0.29, 0.717) is 30.1 Å². The number of aromatic nitrogens is 3. The van der Waals surface area contributed by atoms with Crippen molar-refractivity contribution in [3.8, 4) is 0 Å². The van der Waals surface area contributed by atoms with E-state index < -0.39 is 0 Å². The van der Waals surface area contributed by atoms with Gasteiger partial charge in [-0.15, -0.1) is 0 Å². The van der Waals surface area contributed by atoms with Crippen LogP contribution in [-0.2, 0) is 13.0 Å². The van der Waals surface area contributed by atoms with Crippen molar-refractivity contribution in [1.29, 1.82) is 0 Å². The molecule has 0 fully saturated rings. The lowest BCUT2D eigenvalue weighted by Gasteiger charge is -2.13. The van der Waals surface area contributed by atoms with Gasteiger partial charge < -0.3 is 14.3 Å². The van der Waals surface area contributed by atoms with Crippen molar-refractivity contribution >= 4 is 17.5 Å². The third-order valence-corrected chi connectivity index (χ3v) is 5.16. The topological polar surface area (TPSA) is 114 Å². The van der Waals surface area contributed by atoms with Gasteiger partial charge in [-0.2, -0.15) is 5.10 Å². The van der Waals surface area contributed by atoms with Crippen LogP contribution in [-0.4, -0.2) is 38.6 Å². The first-order valence-electron chi connectivity index (χ1n) is 10.3. The van der Waals surface area contributed by atoms with Crippen LogP contribution < -0.4 is 10.7 Å². The number of nitrogens with zero attached hydrogens (tertiary/aromatic N) is 4. The lowest BCUT2D eigenvalue weighted by Crippen LogP contribution is -2.25. The molecular formula is C22H24N6O3. The standard InChI is InChI=1S/C22H24N6O3/c1-15-19-16(26-27-21(29)17-6-2-3-9-24-17)7-4-8-18(19)31-20(15)22(30)25-10-5-12-28-13-11-23-14-28/h2-3,6,9,11,13-14H,4-5,7-8,10,12H2,1H3,(H,25,30)(H,27,29)/b26-16+. The Bertz CT molecular complexity index is 1090. The molecule has 1 aliphatic rings. The molecule has 0 saturated carbocycles. The molecule has 0 unspecified atom stereocenters. The molecule has 2 amide bonds. The zero-order chi connectivity index (χ0) is 21.6. The van der Waals surface area contributed by atoms with Crippen LogP contribution in [0.3, 0.4) is 0 Å². The zero-order valence-corrected chi connectivity index (χ0v) is 17.3. The van der Waals surface area contributed by atoms with E-state index in [1.54, 1.807) is 36.9 Å². The summed E-state index contributed by atoms with van der Waals surface area (Å²) in [6.07, 6.45) is 9.98. The Kier molecular flexibility index (Phi) is 6.21. The highest BCUT2D eigenvalue weighted by Gasteiger charge is 2.28. The van der Waals surface area contributed by atoms with Gasteiger partial charge in [-0.25, -0.2) is 10.4 Å². The fraction of sp³-hybridized carbons (Fsp3) is 0.318. The number of rotatable bonds is 7. The van der Waals surface area contributed by atoms with E-state index in [2.05, 4.69) is 25.8 Å². The van der Waals surface area contributed by atoms with Crippen molar-refractivity contribution in [1.82, 2.24) is 25.3 Å². The maximum Gasteiger partial charge on any atom is 0.289 e. The number of hydrazone groups is 1. The smallest absolute Gasteiger partial charge is 0.289 e. The highest BCUT2D eigenvalue weighted by atomic mass is 16.4. The molecule has 31 heavy (non-hydrogen) atoms. The number of carbonyl (C=O) groups is 2. The van der Waals surface area contributed by atoms with Crippen molar-refractivity contribution in [2.24, 2.45) is 5.10 Å². The van der Waals surface area contributed by atoms with Gasteiger partial charge in [-0.05, 0) is 38.3 Å². The molecule has 160 valence electrons. The molecule has 9 nitrogen and oxygen atoms in total. The average molecular weight is 420 g/mol. The minimum Gasteiger partial charge on any atom is -0.455 e. The summed E-state index contributed by atoms with van der Waals surface area (Å²) in [6, 6.07) is 5.11. The zero-order valence-electron chi connectivity index (χ0n) is 17.3. The molecule has 0 spiro atoms. The predicted molar refractivity (Wildman–Crippen MR) is 114 cm³/mol. The van der Waals surface area contributed by atoms with Crippen LogP contribution in [0.25, 0.3) is 0 Å². The van der Waals surface area contributed by atoms with E-state index in [0.717, 1.165) is 42.7 Å². The minimum atomic E-state index is -0.378. The molecule has 0 bridgehead atoms. The Morgan fingerprint density at radius 2 is 2.13 bits per heavy atom. The van der Waals surface area contributed by atoms with E-state index in [9.17, 15) is 9.59 Å². The summed E-state index contributed by atoms with van der Waals surface area (Å²) in [5, 5.41) is 7.23.